The van der Waals surface area contributed by atoms with Gasteiger partial charge in [0.15, 0.2) is 6.29 Å². The van der Waals surface area contributed by atoms with Crippen molar-refractivity contribution in [2.45, 2.75) is 166 Å². The van der Waals surface area contributed by atoms with Gasteiger partial charge in [-0.3, -0.25) is 0 Å². The molecule has 0 radical (unpaired) electrons. The number of methoxy groups -OCH3 is 3. The van der Waals surface area contributed by atoms with Crippen LogP contribution in [0.4, 0.5) is 0 Å². The van der Waals surface area contributed by atoms with Crippen LogP contribution >= 0.6 is 0 Å². The lowest BCUT2D eigenvalue weighted by atomic mass is 9.76. The Balaban J connectivity index is 2.01. The first-order valence-corrected chi connectivity index (χ1v) is 20.6. The topological polar surface area (TPSA) is 223 Å². The lowest BCUT2D eigenvalue weighted by Gasteiger charge is -2.51. The number of carbonyl (C=O) groups excluding carboxylic acids is 1. The predicted molar refractivity (Wildman–Crippen MR) is 219 cm³/mol. The summed E-state index contributed by atoms with van der Waals surface area (Å²) < 4.78 is 40.4. The van der Waals surface area contributed by atoms with E-state index in [-0.39, 0.29) is 37.4 Å². The van der Waals surface area contributed by atoms with Gasteiger partial charge in [0, 0.05) is 57.5 Å². The van der Waals surface area contributed by atoms with Crippen LogP contribution in [0, 0.1) is 17.8 Å². The first-order chi connectivity index (χ1) is 27.7. The highest BCUT2D eigenvalue weighted by molar-refractivity contribution is 5.88. The summed E-state index contributed by atoms with van der Waals surface area (Å²) in [5, 5.41) is 78.7. The third kappa shape index (κ3) is 13.6. The van der Waals surface area contributed by atoms with E-state index in [1.54, 1.807) is 33.8 Å². The molecule has 59 heavy (non-hydrogen) atoms. The number of allylic oxidation sites excluding steroid dienone is 7. The van der Waals surface area contributed by atoms with Gasteiger partial charge in [0.1, 0.15) is 30.5 Å². The highest BCUT2D eigenvalue weighted by Gasteiger charge is 2.57. The first-order valence-electron chi connectivity index (χ1n) is 20.6. The summed E-state index contributed by atoms with van der Waals surface area (Å²) in [4.78, 5) is 13.8. The minimum atomic E-state index is -2.43. The van der Waals surface area contributed by atoms with Gasteiger partial charge >= 0.3 is 5.97 Å². The minimum Gasteiger partial charge on any atom is -0.456 e. The number of carbonyl (C=O) groups is 1. The summed E-state index contributed by atoms with van der Waals surface area (Å²) in [6, 6.07) is 0. The molecule has 338 valence electrons. The fourth-order valence-corrected chi connectivity index (χ4v) is 8.17. The van der Waals surface area contributed by atoms with Crippen molar-refractivity contribution in [3.05, 3.63) is 58.7 Å². The second-order valence-electron chi connectivity index (χ2n) is 16.7. The Bertz CT molecular complexity index is 1490. The number of aliphatic hydroxyl groups excluding tert-OH is 6. The van der Waals surface area contributed by atoms with Crippen molar-refractivity contribution in [3.63, 3.8) is 0 Å². The third-order valence-corrected chi connectivity index (χ3v) is 11.8. The van der Waals surface area contributed by atoms with E-state index >= 15 is 0 Å². The van der Waals surface area contributed by atoms with E-state index < -0.39 is 103 Å². The van der Waals surface area contributed by atoms with Gasteiger partial charge in [-0.25, -0.2) is 4.79 Å². The molecule has 3 rings (SSSR count). The average Bonchev–Trinajstić information content (AvgIpc) is 3.17. The van der Waals surface area contributed by atoms with Crippen LogP contribution in [0.5, 0.6) is 0 Å². The Kier molecular flexibility index (Phi) is 20.1. The molecule has 0 amide bonds. The summed E-state index contributed by atoms with van der Waals surface area (Å²) in [6.07, 6.45) is -2.66. The zero-order valence-electron chi connectivity index (χ0n) is 36.6. The van der Waals surface area contributed by atoms with Crippen LogP contribution in [0.3, 0.4) is 0 Å². The lowest BCUT2D eigenvalue weighted by molar-refractivity contribution is -0.362. The van der Waals surface area contributed by atoms with E-state index in [1.165, 1.54) is 28.3 Å². The van der Waals surface area contributed by atoms with Crippen molar-refractivity contribution in [2.24, 2.45) is 17.8 Å². The fraction of sp³-hybridized carbons (Fsp3) is 0.750. The zero-order valence-corrected chi connectivity index (χ0v) is 36.6. The van der Waals surface area contributed by atoms with Crippen LogP contribution in [-0.4, -0.2) is 155 Å². The summed E-state index contributed by atoms with van der Waals surface area (Å²) in [5.41, 5.74) is 2.55. The molecule has 17 atom stereocenters. The Morgan fingerprint density at radius 3 is 2.20 bits per heavy atom. The number of rotatable bonds is 10. The monoisotopic (exact) mass is 840 g/mol. The predicted octanol–water partition coefficient (Wildman–Crippen LogP) is 2.78. The lowest BCUT2D eigenvalue weighted by Crippen LogP contribution is -2.65. The second kappa shape index (κ2) is 23.2. The van der Waals surface area contributed by atoms with Crippen LogP contribution in [0.1, 0.15) is 81.1 Å². The fourth-order valence-electron chi connectivity index (χ4n) is 8.17. The maximum atomic E-state index is 13.8. The molecule has 15 nitrogen and oxygen atoms in total. The average molecular weight is 841 g/mol. The Morgan fingerprint density at radius 2 is 1.58 bits per heavy atom. The maximum absolute atomic E-state index is 13.8. The highest BCUT2D eigenvalue weighted by atomic mass is 16.7. The molecule has 0 unspecified atom stereocenters. The van der Waals surface area contributed by atoms with E-state index in [1.807, 2.05) is 51.2 Å². The molecule has 15 heteroatoms. The van der Waals surface area contributed by atoms with Crippen molar-refractivity contribution >= 4 is 5.97 Å². The van der Waals surface area contributed by atoms with Gasteiger partial charge in [-0.05, 0) is 53.5 Å². The van der Waals surface area contributed by atoms with Crippen molar-refractivity contribution < 1.29 is 73.7 Å². The molecule has 2 saturated heterocycles. The Morgan fingerprint density at radius 1 is 0.898 bits per heavy atom. The maximum Gasteiger partial charge on any atom is 0.334 e. The number of esters is 1. The van der Waals surface area contributed by atoms with Gasteiger partial charge in [-0.2, -0.15) is 0 Å². The molecule has 0 aromatic carbocycles. The standard InChI is InChI=1S/C44H72O15/c1-23-13-12-14-32(46)35(54-10)21-36(41(50)44(52)29(7)37(47)28(6)34(59-44)20-31(45)22-53-9)57-42(51)27(5)19-25(3)17-24(2)18-26(4)33(16-15-23)58-43-39(49)38(48)40(55-11)30(8)56-43/h13,15-19,26,28-41,43,45-50,52H,12,14,20-22H2,1-11H3/b16-15+,23-13+,24-18+,25-17+,27-19+/t26-,28+,29-,30+,31-,32+,33-,34-,35+,36+,37+,38+,39+,40+,41-,43+,44-/m1/s1. The van der Waals surface area contributed by atoms with E-state index in [2.05, 4.69) is 0 Å². The van der Waals surface area contributed by atoms with Crippen molar-refractivity contribution in [1.29, 1.82) is 0 Å². The molecule has 3 heterocycles. The molecule has 0 aromatic heterocycles. The second-order valence-corrected chi connectivity index (χ2v) is 16.7. The molecule has 0 aliphatic carbocycles. The van der Waals surface area contributed by atoms with Gasteiger partial charge in [-0.1, -0.05) is 67.9 Å². The van der Waals surface area contributed by atoms with Crippen LogP contribution in [0.2, 0.25) is 0 Å². The smallest absolute Gasteiger partial charge is 0.334 e. The Labute approximate surface area is 349 Å². The normalized spacial score (nSPS) is 43.9. The molecular weight excluding hydrogens is 768 g/mol. The molecular formula is C44H72O15. The summed E-state index contributed by atoms with van der Waals surface area (Å²) in [6.45, 7) is 14.0. The molecule has 2 fully saturated rings. The van der Waals surface area contributed by atoms with E-state index in [0.717, 1.165) is 11.1 Å². The van der Waals surface area contributed by atoms with Gasteiger partial charge in [-0.15, -0.1) is 0 Å². The molecule has 0 bridgehead atoms. The molecule has 3 aliphatic rings. The van der Waals surface area contributed by atoms with Crippen LogP contribution in [-0.2, 0) is 38.0 Å². The number of hydrogen-bond donors (Lipinski definition) is 7. The van der Waals surface area contributed by atoms with Gasteiger partial charge in [0.25, 0.3) is 0 Å². The number of cyclic esters (lactones) is 1. The SMILES string of the molecule is COC[C@H](O)C[C@H]1O[C@@](O)([C@H](O)[C@@H]2C[C@H](OC)[C@@H](O)CC/C=C(C)/C=C/[C@@H](O[C@@H]3O[C@@H](C)[C@H](OC)[C@@H](O)[C@@H]3O)[C@H](C)/C=C(C)/C=C(C)/C=C(\C)C(=O)O2)[C@H](C)[C@@H](O)[C@H]1C. The summed E-state index contributed by atoms with van der Waals surface area (Å²) in [5.74, 6) is -5.10. The minimum absolute atomic E-state index is 0.00961. The molecule has 3 aliphatic heterocycles. The summed E-state index contributed by atoms with van der Waals surface area (Å²) >= 11 is 0. The Hall–Kier alpha value is -2.35. The molecule has 0 saturated carbocycles. The van der Waals surface area contributed by atoms with E-state index in [4.69, 9.17) is 33.2 Å². The quantitative estimate of drug-likeness (QED) is 0.157. The number of aliphatic hydroxyl groups is 7. The van der Waals surface area contributed by atoms with Crippen molar-refractivity contribution in [2.75, 3.05) is 27.9 Å². The van der Waals surface area contributed by atoms with Gasteiger partial charge < -0.3 is 68.9 Å². The molecule has 7 N–H and O–H groups in total. The van der Waals surface area contributed by atoms with Crippen LogP contribution < -0.4 is 0 Å². The molecule has 0 aromatic rings. The number of hydrogen-bond acceptors (Lipinski definition) is 15. The van der Waals surface area contributed by atoms with Crippen LogP contribution in [0.25, 0.3) is 0 Å². The van der Waals surface area contributed by atoms with Crippen LogP contribution in [0.15, 0.2) is 58.7 Å². The van der Waals surface area contributed by atoms with Gasteiger partial charge in [0.05, 0.1) is 49.3 Å². The summed E-state index contributed by atoms with van der Waals surface area (Å²) in [7, 11) is 4.25. The van der Waals surface area contributed by atoms with E-state index in [0.29, 0.717) is 12.0 Å². The largest absolute Gasteiger partial charge is 0.456 e. The van der Waals surface area contributed by atoms with E-state index in [9.17, 15) is 40.5 Å². The first kappa shape index (κ1) is 51.0. The highest BCUT2D eigenvalue weighted by Crippen LogP contribution is 2.41. The third-order valence-electron chi connectivity index (χ3n) is 11.8. The molecule has 0 spiro atoms. The van der Waals surface area contributed by atoms with Crippen molar-refractivity contribution in [3.8, 4) is 0 Å². The van der Waals surface area contributed by atoms with Gasteiger partial charge in [0.2, 0.25) is 5.79 Å². The number of ether oxygens (including phenoxy) is 7. The van der Waals surface area contributed by atoms with Crippen molar-refractivity contribution in [1.82, 2.24) is 0 Å². The zero-order chi connectivity index (χ0) is 44.4.